The third-order valence-electron chi connectivity index (χ3n) is 3.67. The maximum Gasteiger partial charge on any atom is 0.358 e. The molecule has 0 radical (unpaired) electrons. The fraction of sp³-hybridized carbons (Fsp3) is 0.412. The maximum absolute atomic E-state index is 12.3. The van der Waals surface area contributed by atoms with Gasteiger partial charge in [-0.15, -0.1) is 0 Å². The molecule has 8 heteroatoms. The maximum atomic E-state index is 12.3. The number of carbonyl (C=O) groups is 1. The molecule has 0 saturated heterocycles. The topological polar surface area (TPSA) is 73.6 Å². The van der Waals surface area contributed by atoms with Crippen LogP contribution >= 0.6 is 27.5 Å². The molecular formula is C17H20BrClN2O4. The van der Waals surface area contributed by atoms with Crippen LogP contribution < -0.4 is 0 Å². The summed E-state index contributed by atoms with van der Waals surface area (Å²) in [6.07, 6.45) is -1.07. The minimum atomic E-state index is -1.07. The molecule has 0 amide bonds. The summed E-state index contributed by atoms with van der Waals surface area (Å²) < 4.78 is 12.4. The minimum absolute atomic E-state index is 0.0686. The largest absolute Gasteiger partial charge is 0.461 e. The molecule has 25 heavy (non-hydrogen) atoms. The van der Waals surface area contributed by atoms with Crippen molar-refractivity contribution in [3.8, 4) is 0 Å². The Morgan fingerprint density at radius 3 is 2.60 bits per heavy atom. The zero-order valence-electron chi connectivity index (χ0n) is 14.2. The standard InChI is InChI=1S/C17H20BrClN2O4/c1-4-25-16(23)13-14(15(22)11-5-7-12(19)8-6-11)21(17(18)20-13)10(2)9-24-3/h5-8,10,15,22H,4,9H2,1-3H3/t10-,15?/m1/s1. The zero-order chi connectivity index (χ0) is 18.6. The summed E-state index contributed by atoms with van der Waals surface area (Å²) in [5, 5.41) is 11.5. The molecule has 1 heterocycles. The lowest BCUT2D eigenvalue weighted by Gasteiger charge is -2.21. The first-order valence-corrected chi connectivity index (χ1v) is 8.95. The van der Waals surface area contributed by atoms with Crippen LogP contribution in [0.25, 0.3) is 0 Å². The average molecular weight is 432 g/mol. The molecule has 136 valence electrons. The van der Waals surface area contributed by atoms with Gasteiger partial charge in [-0.2, -0.15) is 0 Å². The van der Waals surface area contributed by atoms with Crippen molar-refractivity contribution < 1.29 is 19.4 Å². The lowest BCUT2D eigenvalue weighted by atomic mass is 10.0. The third-order valence-corrected chi connectivity index (χ3v) is 4.48. The van der Waals surface area contributed by atoms with Crippen molar-refractivity contribution in [2.24, 2.45) is 0 Å². The highest BCUT2D eigenvalue weighted by Crippen LogP contribution is 2.32. The van der Waals surface area contributed by atoms with Crippen LogP contribution in [-0.2, 0) is 9.47 Å². The van der Waals surface area contributed by atoms with Gasteiger partial charge in [-0.05, 0) is 47.5 Å². The lowest BCUT2D eigenvalue weighted by Crippen LogP contribution is -2.19. The molecule has 0 spiro atoms. The molecule has 0 aliphatic rings. The van der Waals surface area contributed by atoms with Crippen LogP contribution in [0.4, 0.5) is 0 Å². The Hall–Kier alpha value is -1.41. The molecule has 1 aromatic carbocycles. The second kappa shape index (κ2) is 8.80. The summed E-state index contributed by atoms with van der Waals surface area (Å²) in [7, 11) is 1.59. The van der Waals surface area contributed by atoms with E-state index in [9.17, 15) is 9.90 Å². The number of aliphatic hydroxyl groups excluding tert-OH is 1. The third kappa shape index (κ3) is 4.41. The molecule has 6 nitrogen and oxygen atoms in total. The van der Waals surface area contributed by atoms with Gasteiger partial charge >= 0.3 is 5.97 Å². The SMILES string of the molecule is CCOC(=O)c1nc(Br)n([C@H](C)COC)c1C(O)c1ccc(Cl)cc1. The number of hydrogen-bond acceptors (Lipinski definition) is 5. The van der Waals surface area contributed by atoms with Crippen LogP contribution in [0, 0.1) is 0 Å². The number of aliphatic hydroxyl groups is 1. The van der Waals surface area contributed by atoms with Gasteiger partial charge in [-0.3, -0.25) is 0 Å². The molecule has 0 aliphatic carbocycles. The number of esters is 1. The van der Waals surface area contributed by atoms with Gasteiger partial charge in [-0.25, -0.2) is 9.78 Å². The zero-order valence-corrected chi connectivity index (χ0v) is 16.5. The monoisotopic (exact) mass is 430 g/mol. The molecule has 1 N–H and O–H groups in total. The van der Waals surface area contributed by atoms with Crippen LogP contribution in [0.2, 0.25) is 5.02 Å². The summed E-state index contributed by atoms with van der Waals surface area (Å²) >= 11 is 9.28. The Morgan fingerprint density at radius 1 is 1.40 bits per heavy atom. The van der Waals surface area contributed by atoms with Crippen LogP contribution in [-0.4, -0.2) is 41.0 Å². The Labute approximate surface area is 159 Å². The lowest BCUT2D eigenvalue weighted by molar-refractivity contribution is 0.0513. The molecule has 0 saturated carbocycles. The normalized spacial score (nSPS) is 13.5. The van der Waals surface area contributed by atoms with Crippen molar-refractivity contribution in [2.45, 2.75) is 26.0 Å². The Kier molecular flexibility index (Phi) is 7.01. The van der Waals surface area contributed by atoms with Gasteiger partial charge in [0.05, 0.1) is 24.9 Å². The van der Waals surface area contributed by atoms with Crippen molar-refractivity contribution >= 4 is 33.5 Å². The first-order chi connectivity index (χ1) is 11.9. The first kappa shape index (κ1) is 19.9. The van der Waals surface area contributed by atoms with Crippen LogP contribution in [0.5, 0.6) is 0 Å². The molecule has 2 aromatic rings. The van der Waals surface area contributed by atoms with Gasteiger partial charge < -0.3 is 19.1 Å². The number of halogens is 2. The van der Waals surface area contributed by atoms with Crippen molar-refractivity contribution in [3.05, 3.63) is 51.0 Å². The second-order valence-corrected chi connectivity index (χ2v) is 6.61. The highest BCUT2D eigenvalue weighted by molar-refractivity contribution is 9.10. The number of hydrogen-bond donors (Lipinski definition) is 1. The van der Waals surface area contributed by atoms with E-state index in [1.807, 2.05) is 6.92 Å². The number of nitrogens with zero attached hydrogens (tertiary/aromatic N) is 2. The van der Waals surface area contributed by atoms with Crippen LogP contribution in [0.1, 0.15) is 47.7 Å². The summed E-state index contributed by atoms with van der Waals surface area (Å²) in [6.45, 7) is 4.22. The summed E-state index contributed by atoms with van der Waals surface area (Å²) in [4.78, 5) is 16.6. The number of rotatable bonds is 7. The molecule has 2 rings (SSSR count). The van der Waals surface area contributed by atoms with E-state index in [0.717, 1.165) is 0 Å². The predicted molar refractivity (Wildman–Crippen MR) is 98.0 cm³/mol. The predicted octanol–water partition coefficient (Wildman–Crippen LogP) is 3.76. The summed E-state index contributed by atoms with van der Waals surface area (Å²) in [5.74, 6) is -0.588. The second-order valence-electron chi connectivity index (χ2n) is 5.46. The number of methoxy groups -OCH3 is 1. The first-order valence-electron chi connectivity index (χ1n) is 7.77. The van der Waals surface area contributed by atoms with E-state index in [1.165, 1.54) is 0 Å². The number of carbonyl (C=O) groups excluding carboxylic acids is 1. The van der Waals surface area contributed by atoms with Gasteiger partial charge in [0.2, 0.25) is 0 Å². The number of aromatic nitrogens is 2. The quantitative estimate of drug-likeness (QED) is 0.676. The van der Waals surface area contributed by atoms with E-state index in [1.54, 1.807) is 42.9 Å². The smallest absolute Gasteiger partial charge is 0.358 e. The molecule has 1 unspecified atom stereocenters. The van der Waals surface area contributed by atoms with Crippen molar-refractivity contribution in [1.82, 2.24) is 9.55 Å². The number of benzene rings is 1. The Balaban J connectivity index is 2.57. The Bertz CT molecular complexity index is 733. The molecule has 2 atom stereocenters. The molecule has 1 aromatic heterocycles. The van der Waals surface area contributed by atoms with Gasteiger partial charge in [0, 0.05) is 12.1 Å². The molecule has 0 bridgehead atoms. The van der Waals surface area contributed by atoms with Crippen molar-refractivity contribution in [1.29, 1.82) is 0 Å². The summed E-state index contributed by atoms with van der Waals surface area (Å²) in [6, 6.07) is 6.60. The van der Waals surface area contributed by atoms with Gasteiger partial charge in [0.25, 0.3) is 0 Å². The van der Waals surface area contributed by atoms with E-state index < -0.39 is 12.1 Å². The van der Waals surface area contributed by atoms with E-state index in [0.29, 0.717) is 27.6 Å². The number of ether oxygens (including phenoxy) is 2. The fourth-order valence-corrected chi connectivity index (χ4v) is 3.41. The van der Waals surface area contributed by atoms with E-state index >= 15 is 0 Å². The number of imidazole rings is 1. The highest BCUT2D eigenvalue weighted by atomic mass is 79.9. The van der Waals surface area contributed by atoms with Crippen LogP contribution in [0.15, 0.2) is 29.0 Å². The van der Waals surface area contributed by atoms with Gasteiger partial charge in [0.15, 0.2) is 10.4 Å². The van der Waals surface area contributed by atoms with Crippen LogP contribution in [0.3, 0.4) is 0 Å². The summed E-state index contributed by atoms with van der Waals surface area (Å²) in [5.41, 5.74) is 1.00. The van der Waals surface area contributed by atoms with Gasteiger partial charge in [-0.1, -0.05) is 23.7 Å². The van der Waals surface area contributed by atoms with Crippen molar-refractivity contribution in [3.63, 3.8) is 0 Å². The van der Waals surface area contributed by atoms with Gasteiger partial charge in [0.1, 0.15) is 6.10 Å². The molecular weight excluding hydrogens is 412 g/mol. The van der Waals surface area contributed by atoms with E-state index in [2.05, 4.69) is 20.9 Å². The molecule has 0 aliphatic heterocycles. The Morgan fingerprint density at radius 2 is 2.04 bits per heavy atom. The average Bonchev–Trinajstić information content (AvgIpc) is 2.93. The minimum Gasteiger partial charge on any atom is -0.461 e. The van der Waals surface area contributed by atoms with E-state index in [-0.39, 0.29) is 18.3 Å². The van der Waals surface area contributed by atoms with Crippen molar-refractivity contribution in [2.75, 3.05) is 20.3 Å². The molecule has 0 fully saturated rings. The fourth-order valence-electron chi connectivity index (χ4n) is 2.57. The highest BCUT2D eigenvalue weighted by Gasteiger charge is 2.30. The van der Waals surface area contributed by atoms with E-state index in [4.69, 9.17) is 21.1 Å².